The van der Waals surface area contributed by atoms with Gasteiger partial charge in [0.2, 0.25) is 5.91 Å². The number of carbonyl (C=O) groups is 1. The number of carbonyl (C=O) groups excluding carboxylic acids is 1. The highest BCUT2D eigenvalue weighted by atomic mass is 16.5. The van der Waals surface area contributed by atoms with Gasteiger partial charge >= 0.3 is 0 Å². The number of nitrogens with one attached hydrogen (secondary N) is 2. The Labute approximate surface area is 118 Å². The van der Waals surface area contributed by atoms with Crippen LogP contribution in [0.4, 0.5) is 5.82 Å². The first-order valence-electron chi connectivity index (χ1n) is 7.27. The summed E-state index contributed by atoms with van der Waals surface area (Å²) in [4.78, 5) is 12.3. The summed E-state index contributed by atoms with van der Waals surface area (Å²) in [6.07, 6.45) is 5.13. The van der Waals surface area contributed by atoms with E-state index in [9.17, 15) is 4.79 Å². The maximum atomic E-state index is 12.3. The van der Waals surface area contributed by atoms with Gasteiger partial charge in [-0.05, 0) is 37.8 Å². The highest BCUT2D eigenvalue weighted by molar-refractivity contribution is 5.94. The number of ether oxygens (including phenoxy) is 1. The van der Waals surface area contributed by atoms with E-state index in [-0.39, 0.29) is 17.2 Å². The zero-order chi connectivity index (χ0) is 14.0. The standard InChI is InChI=1S/C14H22N4O2/c1-20-9-8-18-7-2-12(17-18)16-13(19)11-10-14(11)3-5-15-6-4-14/h2,7,11,15H,3-6,8-10H2,1H3,(H,16,17,19). The minimum atomic E-state index is 0.129. The van der Waals surface area contributed by atoms with Crippen LogP contribution < -0.4 is 10.6 Å². The van der Waals surface area contributed by atoms with Gasteiger partial charge in [0.05, 0.1) is 13.2 Å². The summed E-state index contributed by atoms with van der Waals surface area (Å²) >= 11 is 0. The molecule has 1 aliphatic carbocycles. The predicted octanol–water partition coefficient (Wildman–Crippen LogP) is 0.858. The number of nitrogens with zero attached hydrogens (tertiary/aromatic N) is 2. The van der Waals surface area contributed by atoms with Gasteiger partial charge in [-0.3, -0.25) is 9.48 Å². The molecule has 1 saturated heterocycles. The third kappa shape index (κ3) is 2.71. The Bertz CT molecular complexity index is 479. The van der Waals surface area contributed by atoms with E-state index < -0.39 is 0 Å². The lowest BCUT2D eigenvalue weighted by molar-refractivity contribution is -0.118. The number of aromatic nitrogens is 2. The van der Waals surface area contributed by atoms with Crippen LogP contribution >= 0.6 is 0 Å². The second-order valence-electron chi connectivity index (χ2n) is 5.82. The third-order valence-electron chi connectivity index (χ3n) is 4.52. The lowest BCUT2D eigenvalue weighted by atomic mass is 9.92. The number of anilines is 1. The quantitative estimate of drug-likeness (QED) is 0.838. The molecule has 0 bridgehead atoms. The van der Waals surface area contributed by atoms with Crippen LogP contribution in [0, 0.1) is 11.3 Å². The number of hydrogen-bond acceptors (Lipinski definition) is 4. The first kappa shape index (κ1) is 13.6. The van der Waals surface area contributed by atoms with Crippen molar-refractivity contribution in [2.45, 2.75) is 25.8 Å². The molecule has 1 amide bonds. The zero-order valence-corrected chi connectivity index (χ0v) is 11.9. The molecule has 3 rings (SSSR count). The van der Waals surface area contributed by atoms with Crippen LogP contribution in [-0.4, -0.2) is 42.5 Å². The van der Waals surface area contributed by atoms with Gasteiger partial charge in [0.1, 0.15) is 0 Å². The summed E-state index contributed by atoms with van der Waals surface area (Å²) in [6.45, 7) is 3.39. The van der Waals surface area contributed by atoms with Crippen LogP contribution in [0.5, 0.6) is 0 Å². The zero-order valence-electron chi connectivity index (χ0n) is 11.9. The molecule has 110 valence electrons. The largest absolute Gasteiger partial charge is 0.383 e. The Balaban J connectivity index is 1.53. The number of methoxy groups -OCH3 is 1. The van der Waals surface area contributed by atoms with Crippen LogP contribution in [0.2, 0.25) is 0 Å². The van der Waals surface area contributed by atoms with E-state index in [0.29, 0.717) is 19.0 Å². The van der Waals surface area contributed by atoms with Crippen LogP contribution in [0.3, 0.4) is 0 Å². The van der Waals surface area contributed by atoms with E-state index in [2.05, 4.69) is 15.7 Å². The fourth-order valence-electron chi connectivity index (χ4n) is 3.15. The molecule has 2 fully saturated rings. The van der Waals surface area contributed by atoms with E-state index in [1.165, 1.54) is 0 Å². The molecule has 1 saturated carbocycles. The summed E-state index contributed by atoms with van der Waals surface area (Å²) in [7, 11) is 1.66. The van der Waals surface area contributed by atoms with Gasteiger partial charge in [-0.25, -0.2) is 0 Å². The lowest BCUT2D eigenvalue weighted by Gasteiger charge is -2.23. The van der Waals surface area contributed by atoms with Crippen molar-refractivity contribution in [1.82, 2.24) is 15.1 Å². The van der Waals surface area contributed by atoms with Crippen molar-refractivity contribution < 1.29 is 9.53 Å². The molecule has 6 nitrogen and oxygen atoms in total. The van der Waals surface area contributed by atoms with Gasteiger partial charge in [-0.2, -0.15) is 5.10 Å². The second-order valence-corrected chi connectivity index (χ2v) is 5.82. The molecule has 1 aromatic rings. The van der Waals surface area contributed by atoms with Crippen LogP contribution in [-0.2, 0) is 16.1 Å². The lowest BCUT2D eigenvalue weighted by Crippen LogP contribution is -2.31. The average Bonchev–Trinajstić information content (AvgIpc) is 2.95. The van der Waals surface area contributed by atoms with Gasteiger partial charge in [-0.15, -0.1) is 0 Å². The second kappa shape index (κ2) is 5.54. The number of piperidine rings is 1. The van der Waals surface area contributed by atoms with Crippen molar-refractivity contribution in [2.24, 2.45) is 11.3 Å². The molecule has 2 N–H and O–H groups in total. The summed E-state index contributed by atoms with van der Waals surface area (Å²) < 4.78 is 6.79. The molecule has 0 aromatic carbocycles. The maximum Gasteiger partial charge on any atom is 0.229 e. The van der Waals surface area contributed by atoms with Gasteiger partial charge < -0.3 is 15.4 Å². The van der Waals surface area contributed by atoms with Crippen molar-refractivity contribution in [2.75, 3.05) is 32.1 Å². The Morgan fingerprint density at radius 1 is 1.60 bits per heavy atom. The van der Waals surface area contributed by atoms with Crippen molar-refractivity contribution in [1.29, 1.82) is 0 Å². The average molecular weight is 278 g/mol. The van der Waals surface area contributed by atoms with E-state index in [4.69, 9.17) is 4.74 Å². The molecule has 6 heteroatoms. The van der Waals surface area contributed by atoms with E-state index >= 15 is 0 Å². The number of hydrogen-bond donors (Lipinski definition) is 2. The molecule has 2 heterocycles. The highest BCUT2D eigenvalue weighted by Gasteiger charge is 2.57. The van der Waals surface area contributed by atoms with Crippen molar-refractivity contribution in [3.05, 3.63) is 12.3 Å². The van der Waals surface area contributed by atoms with Crippen molar-refractivity contribution in [3.63, 3.8) is 0 Å². The van der Waals surface area contributed by atoms with E-state index in [1.54, 1.807) is 11.8 Å². The first-order valence-corrected chi connectivity index (χ1v) is 7.27. The van der Waals surface area contributed by atoms with Crippen LogP contribution in [0.1, 0.15) is 19.3 Å². The van der Waals surface area contributed by atoms with Gasteiger partial charge in [0, 0.05) is 25.3 Å². The molecule has 1 aliphatic heterocycles. The number of amides is 1. The van der Waals surface area contributed by atoms with Crippen LogP contribution in [0.15, 0.2) is 12.3 Å². The topological polar surface area (TPSA) is 68.2 Å². The van der Waals surface area contributed by atoms with Gasteiger partial charge in [0.15, 0.2) is 5.82 Å². The predicted molar refractivity (Wildman–Crippen MR) is 75.4 cm³/mol. The molecule has 1 aromatic heterocycles. The monoisotopic (exact) mass is 278 g/mol. The Kier molecular flexibility index (Phi) is 3.76. The summed E-state index contributed by atoms with van der Waals surface area (Å²) in [6, 6.07) is 1.84. The summed E-state index contributed by atoms with van der Waals surface area (Å²) in [5.74, 6) is 0.944. The fourth-order valence-corrected chi connectivity index (χ4v) is 3.15. The molecule has 20 heavy (non-hydrogen) atoms. The smallest absolute Gasteiger partial charge is 0.229 e. The normalized spacial score (nSPS) is 23.8. The number of rotatable bonds is 5. The van der Waals surface area contributed by atoms with E-state index in [1.807, 2.05) is 12.3 Å². The molecule has 1 atom stereocenters. The molecular formula is C14H22N4O2. The molecule has 1 unspecified atom stereocenters. The molecule has 2 aliphatic rings. The Hall–Kier alpha value is -1.40. The van der Waals surface area contributed by atoms with Crippen molar-refractivity contribution in [3.8, 4) is 0 Å². The van der Waals surface area contributed by atoms with Crippen LogP contribution in [0.25, 0.3) is 0 Å². The Morgan fingerprint density at radius 3 is 3.15 bits per heavy atom. The Morgan fingerprint density at radius 2 is 2.40 bits per heavy atom. The summed E-state index contributed by atoms with van der Waals surface area (Å²) in [5.41, 5.74) is 0.272. The van der Waals surface area contributed by atoms with E-state index in [0.717, 1.165) is 32.4 Å². The molecular weight excluding hydrogens is 256 g/mol. The maximum absolute atomic E-state index is 12.3. The minimum Gasteiger partial charge on any atom is -0.383 e. The summed E-state index contributed by atoms with van der Waals surface area (Å²) in [5, 5.41) is 10.6. The molecule has 1 spiro atoms. The minimum absolute atomic E-state index is 0.129. The van der Waals surface area contributed by atoms with Gasteiger partial charge in [-0.1, -0.05) is 0 Å². The SMILES string of the molecule is COCCn1ccc(NC(=O)C2CC23CCNCC3)n1. The third-order valence-corrected chi connectivity index (χ3v) is 4.52. The van der Waals surface area contributed by atoms with Crippen molar-refractivity contribution >= 4 is 11.7 Å². The molecule has 0 radical (unpaired) electrons. The first-order chi connectivity index (χ1) is 9.73. The fraction of sp³-hybridized carbons (Fsp3) is 0.714. The highest BCUT2D eigenvalue weighted by Crippen LogP contribution is 2.58. The van der Waals surface area contributed by atoms with Gasteiger partial charge in [0.25, 0.3) is 0 Å².